The topological polar surface area (TPSA) is 46.2 Å². The minimum absolute atomic E-state index is 0.0422. The van der Waals surface area contributed by atoms with E-state index in [1.807, 2.05) is 0 Å². The molecule has 0 saturated heterocycles. The quantitative estimate of drug-likeness (QED) is 0.746. The van der Waals surface area contributed by atoms with Crippen molar-refractivity contribution in [2.75, 3.05) is 0 Å². The Bertz CT molecular complexity index is 300. The normalized spacial score (nSPS) is 13.3. The first-order chi connectivity index (χ1) is 6.02. The minimum Gasteiger partial charge on any atom is -0.508 e. The van der Waals surface area contributed by atoms with Gasteiger partial charge in [0.2, 0.25) is 0 Å². The Kier molecular flexibility index (Phi) is 2.83. The highest BCUT2D eigenvalue weighted by atomic mass is 19.3. The molecule has 3 N–H and O–H groups in total. The monoisotopic (exact) mass is 187 g/mol. The van der Waals surface area contributed by atoms with E-state index in [0.29, 0.717) is 5.56 Å². The Hall–Kier alpha value is -1.16. The van der Waals surface area contributed by atoms with Gasteiger partial charge in [-0.15, -0.1) is 0 Å². The summed E-state index contributed by atoms with van der Waals surface area (Å²) in [7, 11) is 0. The van der Waals surface area contributed by atoms with Gasteiger partial charge in [0.05, 0.1) is 0 Å². The summed E-state index contributed by atoms with van der Waals surface area (Å²) in [5.41, 5.74) is 5.70. The predicted molar refractivity (Wildman–Crippen MR) is 45.7 cm³/mol. The van der Waals surface area contributed by atoms with Gasteiger partial charge in [-0.1, -0.05) is 0 Å². The zero-order chi connectivity index (χ0) is 10.0. The number of phenolic OH excluding ortho intramolecular Hbond substituents is 1. The molecule has 4 heteroatoms. The van der Waals surface area contributed by atoms with Gasteiger partial charge >= 0.3 is 0 Å². The minimum atomic E-state index is -2.53. The number of alkyl halides is 2. The number of benzene rings is 1. The molecule has 0 spiro atoms. The van der Waals surface area contributed by atoms with Crippen molar-refractivity contribution in [1.82, 2.24) is 0 Å². The number of aromatic hydroxyl groups is 1. The Morgan fingerprint density at radius 2 is 2.00 bits per heavy atom. The van der Waals surface area contributed by atoms with Gasteiger partial charge < -0.3 is 10.8 Å². The van der Waals surface area contributed by atoms with Crippen molar-refractivity contribution < 1.29 is 13.9 Å². The van der Waals surface area contributed by atoms with Crippen LogP contribution in [0.1, 0.15) is 30.5 Å². The van der Waals surface area contributed by atoms with Crippen LogP contribution in [-0.4, -0.2) is 5.11 Å². The van der Waals surface area contributed by atoms with Gasteiger partial charge in [0, 0.05) is 17.2 Å². The zero-order valence-corrected chi connectivity index (χ0v) is 7.17. The summed E-state index contributed by atoms with van der Waals surface area (Å²) in [5.74, 6) is -0.0422. The molecule has 0 amide bonds. The number of hydrogen-bond acceptors (Lipinski definition) is 2. The van der Waals surface area contributed by atoms with Crippen LogP contribution in [0.25, 0.3) is 0 Å². The molecule has 1 atom stereocenters. The first-order valence-electron chi connectivity index (χ1n) is 3.89. The van der Waals surface area contributed by atoms with Crippen molar-refractivity contribution in [1.29, 1.82) is 0 Å². The van der Waals surface area contributed by atoms with Gasteiger partial charge in [-0.2, -0.15) is 0 Å². The van der Waals surface area contributed by atoms with Crippen molar-refractivity contribution in [3.63, 3.8) is 0 Å². The third-order valence-corrected chi connectivity index (χ3v) is 1.79. The van der Waals surface area contributed by atoms with Crippen molar-refractivity contribution >= 4 is 0 Å². The van der Waals surface area contributed by atoms with E-state index < -0.39 is 12.5 Å². The number of phenols is 1. The maximum absolute atomic E-state index is 12.2. The van der Waals surface area contributed by atoms with Crippen LogP contribution >= 0.6 is 0 Å². The molecule has 0 aliphatic heterocycles. The molecule has 0 bridgehead atoms. The smallest absolute Gasteiger partial charge is 0.263 e. The lowest BCUT2D eigenvalue weighted by Crippen LogP contribution is -2.05. The van der Waals surface area contributed by atoms with E-state index in [4.69, 9.17) is 5.73 Å². The van der Waals surface area contributed by atoms with Crippen LogP contribution in [0.2, 0.25) is 0 Å². The third kappa shape index (κ3) is 2.15. The van der Waals surface area contributed by atoms with Crippen LogP contribution in [0.4, 0.5) is 8.78 Å². The van der Waals surface area contributed by atoms with Gasteiger partial charge in [-0.3, -0.25) is 0 Å². The second kappa shape index (κ2) is 3.70. The SMILES string of the molecule is CC(N)c1cc(C(F)F)ccc1O. The fourth-order valence-electron chi connectivity index (χ4n) is 1.07. The highest BCUT2D eigenvalue weighted by Gasteiger charge is 2.12. The Morgan fingerprint density at radius 3 is 2.46 bits per heavy atom. The van der Waals surface area contributed by atoms with Crippen molar-refractivity contribution in [3.8, 4) is 5.75 Å². The molecule has 0 radical (unpaired) electrons. The van der Waals surface area contributed by atoms with E-state index in [1.54, 1.807) is 6.92 Å². The van der Waals surface area contributed by atoms with Gasteiger partial charge in [0.25, 0.3) is 6.43 Å². The van der Waals surface area contributed by atoms with Crippen LogP contribution in [0.15, 0.2) is 18.2 Å². The summed E-state index contributed by atoms with van der Waals surface area (Å²) in [5, 5.41) is 9.26. The zero-order valence-electron chi connectivity index (χ0n) is 7.17. The summed E-state index contributed by atoms with van der Waals surface area (Å²) in [4.78, 5) is 0. The lowest BCUT2D eigenvalue weighted by molar-refractivity contribution is 0.151. The van der Waals surface area contributed by atoms with E-state index >= 15 is 0 Å². The summed E-state index contributed by atoms with van der Waals surface area (Å²) >= 11 is 0. The molecule has 1 aromatic rings. The number of hydrogen-bond donors (Lipinski definition) is 2. The molecule has 0 aromatic heterocycles. The molecule has 1 rings (SSSR count). The van der Waals surface area contributed by atoms with Gasteiger partial charge in [0.1, 0.15) is 5.75 Å². The molecular weight excluding hydrogens is 176 g/mol. The molecule has 0 aliphatic carbocycles. The molecule has 1 aromatic carbocycles. The summed E-state index contributed by atoms with van der Waals surface area (Å²) in [6.45, 7) is 1.63. The highest BCUT2D eigenvalue weighted by Crippen LogP contribution is 2.28. The molecular formula is C9H11F2NO. The maximum Gasteiger partial charge on any atom is 0.263 e. The summed E-state index contributed by atoms with van der Waals surface area (Å²) in [6, 6.07) is 3.20. The number of halogens is 2. The molecule has 0 heterocycles. The summed E-state index contributed by atoms with van der Waals surface area (Å²) in [6.07, 6.45) is -2.53. The van der Waals surface area contributed by atoms with E-state index in [1.165, 1.54) is 18.2 Å². The van der Waals surface area contributed by atoms with Crippen LogP contribution in [0.5, 0.6) is 5.75 Å². The second-order valence-corrected chi connectivity index (χ2v) is 2.91. The second-order valence-electron chi connectivity index (χ2n) is 2.91. The fourth-order valence-corrected chi connectivity index (χ4v) is 1.07. The molecule has 0 aliphatic rings. The predicted octanol–water partition coefficient (Wildman–Crippen LogP) is 2.35. The maximum atomic E-state index is 12.2. The number of nitrogens with two attached hydrogens (primary N) is 1. The molecule has 0 saturated carbocycles. The van der Waals surface area contributed by atoms with Crippen LogP contribution in [-0.2, 0) is 0 Å². The fraction of sp³-hybridized carbons (Fsp3) is 0.333. The van der Waals surface area contributed by atoms with Crippen molar-refractivity contribution in [2.45, 2.75) is 19.4 Å². The Balaban J connectivity index is 3.11. The van der Waals surface area contributed by atoms with Crippen LogP contribution < -0.4 is 5.73 Å². The third-order valence-electron chi connectivity index (χ3n) is 1.79. The average Bonchev–Trinajstić information content (AvgIpc) is 2.04. The molecule has 2 nitrogen and oxygen atoms in total. The molecule has 72 valence electrons. The molecule has 0 fully saturated rings. The lowest BCUT2D eigenvalue weighted by Gasteiger charge is -2.09. The van der Waals surface area contributed by atoms with E-state index in [2.05, 4.69) is 0 Å². The van der Waals surface area contributed by atoms with E-state index in [9.17, 15) is 13.9 Å². The van der Waals surface area contributed by atoms with Crippen molar-refractivity contribution in [2.24, 2.45) is 5.73 Å². The Labute approximate surface area is 75.0 Å². The van der Waals surface area contributed by atoms with Gasteiger partial charge in [-0.05, 0) is 25.1 Å². The van der Waals surface area contributed by atoms with Crippen LogP contribution in [0.3, 0.4) is 0 Å². The first kappa shape index (κ1) is 9.92. The van der Waals surface area contributed by atoms with E-state index in [0.717, 1.165) is 0 Å². The summed E-state index contributed by atoms with van der Waals surface area (Å²) < 4.78 is 24.4. The average molecular weight is 187 g/mol. The van der Waals surface area contributed by atoms with E-state index in [-0.39, 0.29) is 11.3 Å². The molecule has 13 heavy (non-hydrogen) atoms. The standard InChI is InChI=1S/C9H11F2NO/c1-5(12)7-4-6(9(10)11)2-3-8(7)13/h2-5,9,13H,12H2,1H3. The largest absolute Gasteiger partial charge is 0.508 e. The highest BCUT2D eigenvalue weighted by molar-refractivity contribution is 5.38. The molecule has 1 unspecified atom stereocenters. The van der Waals surface area contributed by atoms with Crippen molar-refractivity contribution in [3.05, 3.63) is 29.3 Å². The number of rotatable bonds is 2. The Morgan fingerprint density at radius 1 is 1.38 bits per heavy atom. The first-order valence-corrected chi connectivity index (χ1v) is 3.89. The lowest BCUT2D eigenvalue weighted by atomic mass is 10.0. The van der Waals surface area contributed by atoms with Crippen LogP contribution in [0, 0.1) is 0 Å². The van der Waals surface area contributed by atoms with Gasteiger partial charge in [0.15, 0.2) is 0 Å². The van der Waals surface area contributed by atoms with Gasteiger partial charge in [-0.25, -0.2) is 8.78 Å².